The van der Waals surface area contributed by atoms with Crippen LogP contribution in [0.2, 0.25) is 5.02 Å². The Kier molecular flexibility index (Phi) is 3.74. The molecule has 0 aliphatic heterocycles. The summed E-state index contributed by atoms with van der Waals surface area (Å²) in [5.74, 6) is 0.489. The quantitative estimate of drug-likeness (QED) is 0.393. The van der Waals surface area contributed by atoms with Crippen molar-refractivity contribution in [1.82, 2.24) is 14.5 Å². The summed E-state index contributed by atoms with van der Waals surface area (Å²) in [7, 11) is 0. The van der Waals surface area contributed by atoms with Gasteiger partial charge in [0.05, 0.1) is 27.1 Å². The second kappa shape index (κ2) is 5.94. The van der Waals surface area contributed by atoms with Crippen molar-refractivity contribution in [1.29, 1.82) is 0 Å². The molecule has 1 aliphatic rings. The summed E-state index contributed by atoms with van der Waals surface area (Å²) in [4.78, 5) is 9.35. The first-order chi connectivity index (χ1) is 12.9. The zero-order valence-electron chi connectivity index (χ0n) is 13.9. The molecule has 138 valence electrons. The van der Waals surface area contributed by atoms with Gasteiger partial charge < -0.3 is 4.57 Å². The largest absolute Gasteiger partial charge is 0.406 e. The molecule has 0 unspecified atom stereocenters. The Bertz CT molecular complexity index is 1170. The van der Waals surface area contributed by atoms with Crippen LogP contribution in [0.4, 0.5) is 13.2 Å². The van der Waals surface area contributed by atoms with Crippen LogP contribution < -0.4 is 0 Å². The van der Waals surface area contributed by atoms with Gasteiger partial charge in [-0.1, -0.05) is 11.6 Å². The lowest BCUT2D eigenvalue weighted by Crippen LogP contribution is -2.17. The third-order valence-corrected chi connectivity index (χ3v) is 6.19. The van der Waals surface area contributed by atoms with Crippen molar-refractivity contribution < 1.29 is 13.2 Å². The van der Waals surface area contributed by atoms with E-state index in [1.807, 2.05) is 0 Å². The number of alkyl halides is 3. The molecule has 1 fully saturated rings. The van der Waals surface area contributed by atoms with E-state index in [9.17, 15) is 13.2 Å². The lowest BCUT2D eigenvalue weighted by molar-refractivity contribution is -0.139. The highest BCUT2D eigenvalue weighted by Crippen LogP contribution is 2.46. The molecule has 0 saturated heterocycles. The molecule has 0 N–H and O–H groups in total. The molecule has 3 aromatic heterocycles. The fraction of sp³-hybridized carbons (Fsp3) is 0.263. The summed E-state index contributed by atoms with van der Waals surface area (Å²) in [5.41, 5.74) is 1.65. The van der Waals surface area contributed by atoms with E-state index in [1.54, 1.807) is 30.6 Å². The van der Waals surface area contributed by atoms with Crippen LogP contribution in [0.1, 0.15) is 23.8 Å². The smallest absolute Gasteiger partial charge is 0.329 e. The molecule has 1 saturated carbocycles. The molecular weight excluding hydrogens is 395 g/mol. The Balaban J connectivity index is 1.84. The van der Waals surface area contributed by atoms with Gasteiger partial charge in [0, 0.05) is 39.7 Å². The first-order valence-corrected chi connectivity index (χ1v) is 9.68. The number of thiazole rings is 1. The molecule has 0 amide bonds. The van der Waals surface area contributed by atoms with E-state index in [0.29, 0.717) is 38.3 Å². The molecular formula is C19H13ClF3N3S. The highest BCUT2D eigenvalue weighted by molar-refractivity contribution is 7.15. The van der Waals surface area contributed by atoms with Crippen LogP contribution in [0.15, 0.2) is 36.8 Å². The minimum atomic E-state index is -4.35. The number of fused-ring (bicyclic) bond motifs is 3. The first-order valence-electron chi connectivity index (χ1n) is 8.49. The van der Waals surface area contributed by atoms with Gasteiger partial charge in [0.1, 0.15) is 6.54 Å². The van der Waals surface area contributed by atoms with Crippen molar-refractivity contribution in [3.63, 3.8) is 0 Å². The van der Waals surface area contributed by atoms with E-state index < -0.39 is 12.7 Å². The molecule has 8 heteroatoms. The number of pyridine rings is 1. The Morgan fingerprint density at radius 2 is 2.00 bits per heavy atom. The number of hydrogen-bond donors (Lipinski definition) is 0. The summed E-state index contributed by atoms with van der Waals surface area (Å²) in [6, 6.07) is 5.18. The van der Waals surface area contributed by atoms with Crippen LogP contribution in [0.5, 0.6) is 0 Å². The fourth-order valence-electron chi connectivity index (χ4n) is 3.51. The summed E-state index contributed by atoms with van der Waals surface area (Å²) >= 11 is 7.87. The van der Waals surface area contributed by atoms with Crippen molar-refractivity contribution in [2.24, 2.45) is 0 Å². The average Bonchev–Trinajstić information content (AvgIpc) is 3.27. The maximum absolute atomic E-state index is 13.3. The molecule has 27 heavy (non-hydrogen) atoms. The van der Waals surface area contributed by atoms with E-state index in [0.717, 1.165) is 22.7 Å². The van der Waals surface area contributed by atoms with Crippen molar-refractivity contribution in [3.05, 3.63) is 46.8 Å². The zero-order valence-corrected chi connectivity index (χ0v) is 15.5. The van der Waals surface area contributed by atoms with Gasteiger partial charge in [0.2, 0.25) is 0 Å². The van der Waals surface area contributed by atoms with Gasteiger partial charge in [-0.05, 0) is 31.0 Å². The van der Waals surface area contributed by atoms with Gasteiger partial charge in [0.15, 0.2) is 0 Å². The minimum Gasteiger partial charge on any atom is -0.329 e. The van der Waals surface area contributed by atoms with E-state index >= 15 is 0 Å². The molecule has 0 bridgehead atoms. The fourth-order valence-corrected chi connectivity index (χ4v) is 4.83. The summed E-state index contributed by atoms with van der Waals surface area (Å²) in [5, 5.41) is 2.93. The Morgan fingerprint density at radius 1 is 1.19 bits per heavy atom. The van der Waals surface area contributed by atoms with Gasteiger partial charge in [-0.3, -0.25) is 4.98 Å². The molecule has 0 atom stereocenters. The second-order valence-corrected chi connectivity index (χ2v) is 8.28. The van der Waals surface area contributed by atoms with E-state index in [2.05, 4.69) is 9.97 Å². The maximum Gasteiger partial charge on any atom is 0.406 e. The summed E-state index contributed by atoms with van der Waals surface area (Å²) < 4.78 is 41.3. The van der Waals surface area contributed by atoms with Crippen LogP contribution in [-0.2, 0) is 6.54 Å². The number of nitrogens with zero attached hydrogens (tertiary/aromatic N) is 3. The number of halogens is 4. The molecule has 5 rings (SSSR count). The van der Waals surface area contributed by atoms with Crippen LogP contribution in [0, 0.1) is 0 Å². The predicted octanol–water partition coefficient (Wildman–Crippen LogP) is 6.41. The van der Waals surface area contributed by atoms with Gasteiger partial charge in [-0.25, -0.2) is 4.98 Å². The molecule has 1 aliphatic carbocycles. The van der Waals surface area contributed by atoms with Gasteiger partial charge in [-0.2, -0.15) is 13.2 Å². The molecule has 0 spiro atoms. The molecule has 4 aromatic rings. The number of aromatic nitrogens is 3. The van der Waals surface area contributed by atoms with Crippen LogP contribution in [-0.4, -0.2) is 20.7 Å². The normalized spacial score (nSPS) is 15.1. The summed E-state index contributed by atoms with van der Waals surface area (Å²) in [6.45, 7) is -1.08. The monoisotopic (exact) mass is 407 g/mol. The van der Waals surface area contributed by atoms with Crippen LogP contribution >= 0.6 is 22.9 Å². The third kappa shape index (κ3) is 2.99. The summed E-state index contributed by atoms with van der Waals surface area (Å²) in [6.07, 6.45) is 2.70. The second-order valence-electron chi connectivity index (χ2n) is 6.78. The first kappa shape index (κ1) is 17.0. The standard InChI is InChI=1S/C19H13ClF3N3S/c20-11-5-13-12-3-4-24-7-15(12)26(9-19(21,22)23)17(13)14(6-11)16-8-25-18(27-16)10-1-2-10/h3-8,10H,1-2,9H2. The average molecular weight is 408 g/mol. The highest BCUT2D eigenvalue weighted by Gasteiger charge is 2.31. The lowest BCUT2D eigenvalue weighted by atomic mass is 10.1. The number of benzene rings is 1. The van der Waals surface area contributed by atoms with Gasteiger partial charge in [0.25, 0.3) is 0 Å². The van der Waals surface area contributed by atoms with Crippen molar-refractivity contribution in [2.45, 2.75) is 31.5 Å². The van der Waals surface area contributed by atoms with E-state index in [-0.39, 0.29) is 0 Å². The molecule has 0 radical (unpaired) electrons. The Hall–Kier alpha value is -2.12. The minimum absolute atomic E-state index is 0.445. The van der Waals surface area contributed by atoms with Gasteiger partial charge in [-0.15, -0.1) is 11.3 Å². The third-order valence-electron chi connectivity index (χ3n) is 4.78. The van der Waals surface area contributed by atoms with Crippen molar-refractivity contribution >= 4 is 44.7 Å². The highest BCUT2D eigenvalue weighted by atomic mass is 35.5. The molecule has 1 aromatic carbocycles. The van der Waals surface area contributed by atoms with Crippen LogP contribution in [0.25, 0.3) is 32.2 Å². The zero-order chi connectivity index (χ0) is 18.8. The van der Waals surface area contributed by atoms with E-state index in [4.69, 9.17) is 11.6 Å². The molecule has 3 nitrogen and oxygen atoms in total. The maximum atomic E-state index is 13.3. The van der Waals surface area contributed by atoms with Gasteiger partial charge >= 0.3 is 6.18 Å². The topological polar surface area (TPSA) is 30.7 Å². The van der Waals surface area contributed by atoms with E-state index in [1.165, 1.54) is 22.1 Å². The Labute approximate surface area is 161 Å². The SMILES string of the molecule is FC(F)(F)Cn1c2cnccc2c2cc(Cl)cc(-c3cnc(C4CC4)s3)c21. The number of hydrogen-bond acceptors (Lipinski definition) is 3. The van der Waals surface area contributed by atoms with Crippen LogP contribution in [0.3, 0.4) is 0 Å². The van der Waals surface area contributed by atoms with Crippen molar-refractivity contribution in [3.8, 4) is 10.4 Å². The molecule has 3 heterocycles. The Morgan fingerprint density at radius 3 is 2.74 bits per heavy atom. The lowest BCUT2D eigenvalue weighted by Gasteiger charge is -2.12. The predicted molar refractivity (Wildman–Crippen MR) is 101 cm³/mol. The number of rotatable bonds is 3. The van der Waals surface area contributed by atoms with Crippen molar-refractivity contribution in [2.75, 3.05) is 0 Å².